The van der Waals surface area contributed by atoms with Gasteiger partial charge in [-0.1, -0.05) is 54.6 Å². The number of nitrogens with zero attached hydrogens (tertiary/aromatic N) is 2. The highest BCUT2D eigenvalue weighted by atomic mass is 32.2. The second-order valence-corrected chi connectivity index (χ2v) is 12.8. The van der Waals surface area contributed by atoms with Crippen LogP contribution in [-0.2, 0) is 26.2 Å². The van der Waals surface area contributed by atoms with E-state index in [4.69, 9.17) is 0 Å². The summed E-state index contributed by atoms with van der Waals surface area (Å²) in [5, 5.41) is 2.95. The van der Waals surface area contributed by atoms with Crippen molar-refractivity contribution in [2.45, 2.75) is 71.5 Å². The Hall–Kier alpha value is -3.65. The molecular formula is C31H39N3O4S. The number of hydrogen-bond donors (Lipinski definition) is 1. The number of anilines is 1. The first-order chi connectivity index (χ1) is 18.2. The fourth-order valence-electron chi connectivity index (χ4n) is 4.25. The summed E-state index contributed by atoms with van der Waals surface area (Å²) in [6.45, 7) is 12.6. The molecule has 1 atom stereocenters. The number of carbonyl (C=O) groups is 2. The average molecular weight is 550 g/mol. The predicted molar refractivity (Wildman–Crippen MR) is 156 cm³/mol. The van der Waals surface area contributed by atoms with Gasteiger partial charge < -0.3 is 10.2 Å². The molecule has 2 amide bonds. The van der Waals surface area contributed by atoms with Crippen molar-refractivity contribution in [3.63, 3.8) is 0 Å². The van der Waals surface area contributed by atoms with Crippen molar-refractivity contribution in [2.24, 2.45) is 0 Å². The van der Waals surface area contributed by atoms with E-state index in [2.05, 4.69) is 5.32 Å². The lowest BCUT2D eigenvalue weighted by Crippen LogP contribution is -2.54. The standard InChI is InChI=1S/C31H39N3O4S/c1-22-17-18-24(3)28(19-22)34(39(37,38)27-15-9-8-10-16-27)21-29(35)33(20-26-14-12-11-13-23(26)2)25(4)30(36)32-31(5,6)7/h8-19,25H,20-21H2,1-7H3,(H,32,36)/t25-/m0/s1. The molecule has 0 aliphatic heterocycles. The van der Waals surface area contributed by atoms with Crippen molar-refractivity contribution in [1.82, 2.24) is 10.2 Å². The van der Waals surface area contributed by atoms with Crippen molar-refractivity contribution < 1.29 is 18.0 Å². The summed E-state index contributed by atoms with van der Waals surface area (Å²) in [7, 11) is -4.09. The summed E-state index contributed by atoms with van der Waals surface area (Å²) in [6, 6.07) is 20.4. The van der Waals surface area contributed by atoms with Gasteiger partial charge in [0, 0.05) is 12.1 Å². The smallest absolute Gasteiger partial charge is 0.264 e. The summed E-state index contributed by atoms with van der Waals surface area (Å²) in [5.74, 6) is -0.788. The highest BCUT2D eigenvalue weighted by Gasteiger charge is 2.34. The maximum atomic E-state index is 14.1. The van der Waals surface area contributed by atoms with E-state index in [1.165, 1.54) is 17.0 Å². The van der Waals surface area contributed by atoms with Gasteiger partial charge in [0.25, 0.3) is 10.0 Å². The number of amides is 2. The summed E-state index contributed by atoms with van der Waals surface area (Å²) in [5.41, 5.74) is 3.37. The van der Waals surface area contributed by atoms with Gasteiger partial charge in [-0.25, -0.2) is 8.42 Å². The Morgan fingerprint density at radius 1 is 0.872 bits per heavy atom. The zero-order valence-electron chi connectivity index (χ0n) is 23.9. The van der Waals surface area contributed by atoms with Crippen LogP contribution >= 0.6 is 0 Å². The SMILES string of the molecule is Cc1ccc(C)c(N(CC(=O)N(Cc2ccccc2C)[C@@H](C)C(=O)NC(C)(C)C)S(=O)(=O)c2ccccc2)c1. The largest absolute Gasteiger partial charge is 0.350 e. The first-order valence-corrected chi connectivity index (χ1v) is 14.5. The van der Waals surface area contributed by atoms with Crippen molar-refractivity contribution >= 4 is 27.5 Å². The molecule has 0 fully saturated rings. The van der Waals surface area contributed by atoms with E-state index in [-0.39, 0.29) is 17.3 Å². The molecule has 0 spiro atoms. The quantitative estimate of drug-likeness (QED) is 0.401. The van der Waals surface area contributed by atoms with Gasteiger partial charge in [-0.15, -0.1) is 0 Å². The van der Waals surface area contributed by atoms with Crippen molar-refractivity contribution in [1.29, 1.82) is 0 Å². The molecule has 0 aliphatic rings. The average Bonchev–Trinajstić information content (AvgIpc) is 2.87. The molecule has 0 radical (unpaired) electrons. The third kappa shape index (κ3) is 7.47. The first kappa shape index (κ1) is 29.9. The van der Waals surface area contributed by atoms with Gasteiger partial charge in [0.05, 0.1) is 10.6 Å². The molecule has 208 valence electrons. The van der Waals surface area contributed by atoms with Crippen LogP contribution in [0.3, 0.4) is 0 Å². The topological polar surface area (TPSA) is 86.8 Å². The van der Waals surface area contributed by atoms with Gasteiger partial charge in [-0.2, -0.15) is 0 Å². The van der Waals surface area contributed by atoms with Crippen LogP contribution in [0.2, 0.25) is 0 Å². The Balaban J connectivity index is 2.08. The predicted octanol–water partition coefficient (Wildman–Crippen LogP) is 5.14. The summed E-state index contributed by atoms with van der Waals surface area (Å²) < 4.78 is 29.0. The van der Waals surface area contributed by atoms with E-state index < -0.39 is 34.1 Å². The van der Waals surface area contributed by atoms with Gasteiger partial charge in [0.15, 0.2) is 0 Å². The first-order valence-electron chi connectivity index (χ1n) is 13.0. The number of aryl methyl sites for hydroxylation is 3. The highest BCUT2D eigenvalue weighted by molar-refractivity contribution is 7.92. The molecule has 39 heavy (non-hydrogen) atoms. The zero-order chi connectivity index (χ0) is 29.0. The monoisotopic (exact) mass is 549 g/mol. The normalized spacial score (nSPS) is 12.5. The number of benzene rings is 3. The van der Waals surface area contributed by atoms with Crippen molar-refractivity contribution in [3.05, 3.63) is 95.1 Å². The molecule has 3 aromatic rings. The van der Waals surface area contributed by atoms with Gasteiger partial charge in [0.1, 0.15) is 12.6 Å². The van der Waals surface area contributed by atoms with Crippen LogP contribution in [0.15, 0.2) is 77.7 Å². The maximum absolute atomic E-state index is 14.1. The fourth-order valence-corrected chi connectivity index (χ4v) is 5.74. The number of rotatable bonds is 9. The maximum Gasteiger partial charge on any atom is 0.264 e. The highest BCUT2D eigenvalue weighted by Crippen LogP contribution is 2.28. The van der Waals surface area contributed by atoms with E-state index in [1.807, 2.05) is 77.9 Å². The second kappa shape index (κ2) is 12.0. The number of sulfonamides is 1. The van der Waals surface area contributed by atoms with E-state index in [9.17, 15) is 18.0 Å². The van der Waals surface area contributed by atoms with Crippen LogP contribution in [-0.4, -0.2) is 43.3 Å². The molecule has 8 heteroatoms. The van der Waals surface area contributed by atoms with Crippen LogP contribution in [0.5, 0.6) is 0 Å². The van der Waals surface area contributed by atoms with Crippen LogP contribution in [0.4, 0.5) is 5.69 Å². The fraction of sp³-hybridized carbons (Fsp3) is 0.355. The molecule has 1 N–H and O–H groups in total. The van der Waals surface area contributed by atoms with Gasteiger partial charge in [-0.05, 0) is 88.9 Å². The van der Waals surface area contributed by atoms with E-state index in [0.717, 1.165) is 26.6 Å². The van der Waals surface area contributed by atoms with Gasteiger partial charge in [0.2, 0.25) is 11.8 Å². The van der Waals surface area contributed by atoms with E-state index >= 15 is 0 Å². The Morgan fingerprint density at radius 2 is 1.49 bits per heavy atom. The Bertz CT molecular complexity index is 1430. The van der Waals surface area contributed by atoms with Crippen LogP contribution < -0.4 is 9.62 Å². The molecule has 0 bridgehead atoms. The minimum atomic E-state index is -4.09. The van der Waals surface area contributed by atoms with Crippen molar-refractivity contribution in [2.75, 3.05) is 10.8 Å². The van der Waals surface area contributed by atoms with E-state index in [0.29, 0.717) is 5.69 Å². The molecule has 0 aromatic heterocycles. The van der Waals surface area contributed by atoms with Crippen molar-refractivity contribution in [3.8, 4) is 0 Å². The lowest BCUT2D eigenvalue weighted by Gasteiger charge is -2.34. The van der Waals surface area contributed by atoms with Crippen LogP contribution in [0.25, 0.3) is 0 Å². The Kier molecular flexibility index (Phi) is 9.22. The third-order valence-electron chi connectivity index (χ3n) is 6.51. The number of carbonyl (C=O) groups excluding carboxylic acids is 2. The number of hydrogen-bond acceptors (Lipinski definition) is 4. The van der Waals surface area contributed by atoms with E-state index in [1.54, 1.807) is 31.2 Å². The summed E-state index contributed by atoms with van der Waals surface area (Å²) in [4.78, 5) is 28.8. The second-order valence-electron chi connectivity index (χ2n) is 11.0. The lowest BCUT2D eigenvalue weighted by molar-refractivity contribution is -0.140. The van der Waals surface area contributed by atoms with Crippen LogP contribution in [0, 0.1) is 20.8 Å². The summed E-state index contributed by atoms with van der Waals surface area (Å²) >= 11 is 0. The molecule has 0 aliphatic carbocycles. The third-order valence-corrected chi connectivity index (χ3v) is 8.28. The molecule has 7 nitrogen and oxygen atoms in total. The summed E-state index contributed by atoms with van der Waals surface area (Å²) in [6.07, 6.45) is 0. The molecule has 0 heterocycles. The molecule has 0 saturated carbocycles. The molecular weight excluding hydrogens is 510 g/mol. The molecule has 3 rings (SSSR count). The Morgan fingerprint density at radius 3 is 2.10 bits per heavy atom. The minimum Gasteiger partial charge on any atom is -0.350 e. The van der Waals surface area contributed by atoms with Gasteiger partial charge in [-0.3, -0.25) is 13.9 Å². The minimum absolute atomic E-state index is 0.0858. The lowest BCUT2D eigenvalue weighted by atomic mass is 10.1. The molecule has 3 aromatic carbocycles. The molecule has 0 unspecified atom stereocenters. The zero-order valence-corrected chi connectivity index (χ0v) is 24.7. The molecule has 0 saturated heterocycles. The number of nitrogens with one attached hydrogen (secondary N) is 1. The van der Waals surface area contributed by atoms with Gasteiger partial charge >= 0.3 is 0 Å². The Labute approximate surface area is 232 Å². The van der Waals surface area contributed by atoms with Crippen LogP contribution in [0.1, 0.15) is 49.9 Å².